The van der Waals surface area contributed by atoms with Gasteiger partial charge in [-0.25, -0.2) is 4.99 Å². The summed E-state index contributed by atoms with van der Waals surface area (Å²) in [6, 6.07) is 21.3. The molecule has 2 aliphatic heterocycles. The van der Waals surface area contributed by atoms with Crippen molar-refractivity contribution in [3.05, 3.63) is 112 Å². The van der Waals surface area contributed by atoms with Crippen LogP contribution in [0.2, 0.25) is 5.02 Å². The number of benzene rings is 2. The first-order valence-electron chi connectivity index (χ1n) is 10.3. The highest BCUT2D eigenvalue weighted by Gasteiger charge is 2.26. The first kappa shape index (κ1) is 21.5. The van der Waals surface area contributed by atoms with Gasteiger partial charge in [0.1, 0.15) is 23.2 Å². The normalized spacial score (nSPS) is 16.8. The van der Waals surface area contributed by atoms with Crippen molar-refractivity contribution in [2.45, 2.75) is 13.2 Å². The van der Waals surface area contributed by atoms with Crippen LogP contribution in [-0.2, 0) is 13.2 Å². The van der Waals surface area contributed by atoms with E-state index in [0.29, 0.717) is 29.7 Å². The molecular formula is C25H21ClN4O2S. The van der Waals surface area contributed by atoms with Gasteiger partial charge in [0, 0.05) is 24.0 Å². The van der Waals surface area contributed by atoms with Crippen molar-refractivity contribution >= 4 is 39.4 Å². The molecule has 0 saturated heterocycles. The number of hydrogen-bond acceptors (Lipinski definition) is 6. The van der Waals surface area contributed by atoms with Gasteiger partial charge in [0.2, 0.25) is 0 Å². The minimum absolute atomic E-state index is 0.339. The van der Waals surface area contributed by atoms with E-state index in [1.165, 1.54) is 0 Å². The van der Waals surface area contributed by atoms with Crippen LogP contribution in [0, 0.1) is 0 Å². The third kappa shape index (κ3) is 4.85. The van der Waals surface area contributed by atoms with Crippen LogP contribution in [0.25, 0.3) is 0 Å². The van der Waals surface area contributed by atoms with Crippen LogP contribution in [0.5, 0.6) is 5.75 Å². The van der Waals surface area contributed by atoms with E-state index >= 15 is 0 Å². The summed E-state index contributed by atoms with van der Waals surface area (Å²) < 4.78 is 16.4. The first-order chi connectivity index (χ1) is 16.2. The SMILES string of the molecule is OS1=C2C(=C(Nc3ccc(OCc4ccccn4)c(Cl)c3)N=CN2Cc2ccccc2)C=C1. The van der Waals surface area contributed by atoms with Crippen molar-refractivity contribution in [3.8, 4) is 5.75 Å². The van der Waals surface area contributed by atoms with Crippen LogP contribution in [0.1, 0.15) is 11.3 Å². The summed E-state index contributed by atoms with van der Waals surface area (Å²) in [7, 11) is -0.980. The Morgan fingerprint density at radius 2 is 1.91 bits per heavy atom. The molecule has 6 nitrogen and oxygen atoms in total. The predicted octanol–water partition coefficient (Wildman–Crippen LogP) is 5.88. The van der Waals surface area contributed by atoms with Gasteiger partial charge in [-0.3, -0.25) is 4.98 Å². The van der Waals surface area contributed by atoms with Gasteiger partial charge in [-0.1, -0.05) is 48.0 Å². The molecule has 0 saturated carbocycles. The monoisotopic (exact) mass is 476 g/mol. The number of nitrogens with one attached hydrogen (secondary N) is 1. The highest BCUT2D eigenvalue weighted by molar-refractivity contribution is 8.14. The highest BCUT2D eigenvalue weighted by Crippen LogP contribution is 2.34. The summed E-state index contributed by atoms with van der Waals surface area (Å²) in [5.41, 5.74) is 3.61. The Balaban J connectivity index is 1.31. The molecule has 2 aliphatic rings. The Kier molecular flexibility index (Phi) is 6.26. The van der Waals surface area contributed by atoms with E-state index in [1.807, 2.05) is 59.5 Å². The number of aromatic nitrogens is 1. The standard InChI is InChI=1S/C25H21ClN4O2S/c26-22-14-19(9-10-23(22)32-16-20-8-4-5-12-27-20)29-24-21-11-13-33(31)25(21)30(17-28-24)15-18-6-2-1-3-7-18/h1-14,17,29,31H,15-16H2. The zero-order chi connectivity index (χ0) is 22.6. The molecule has 2 aromatic carbocycles. The summed E-state index contributed by atoms with van der Waals surface area (Å²) >= 11 is 6.46. The van der Waals surface area contributed by atoms with E-state index in [1.54, 1.807) is 24.0 Å². The highest BCUT2D eigenvalue weighted by atomic mass is 35.5. The molecule has 1 aromatic heterocycles. The number of aliphatic imine (C=N–C) groups is 1. The lowest BCUT2D eigenvalue weighted by atomic mass is 10.1. The lowest BCUT2D eigenvalue weighted by molar-refractivity contribution is 0.301. The molecular weight excluding hydrogens is 456 g/mol. The van der Waals surface area contributed by atoms with Crippen LogP contribution in [-0.4, -0.2) is 25.8 Å². The molecule has 8 heteroatoms. The fourth-order valence-corrected chi connectivity index (χ4v) is 4.92. The number of nitrogens with zero attached hydrogens (tertiary/aromatic N) is 3. The van der Waals surface area contributed by atoms with Crippen molar-refractivity contribution in [1.29, 1.82) is 0 Å². The molecule has 0 fully saturated rings. The van der Waals surface area contributed by atoms with Gasteiger partial charge in [-0.15, -0.1) is 0 Å². The largest absolute Gasteiger partial charge is 0.486 e. The van der Waals surface area contributed by atoms with Crippen molar-refractivity contribution in [1.82, 2.24) is 9.88 Å². The van der Waals surface area contributed by atoms with Gasteiger partial charge < -0.3 is 19.5 Å². The van der Waals surface area contributed by atoms with Crippen LogP contribution in [0.3, 0.4) is 0 Å². The summed E-state index contributed by atoms with van der Waals surface area (Å²) in [5.74, 6) is 1.24. The molecule has 0 radical (unpaired) electrons. The van der Waals surface area contributed by atoms with E-state index in [-0.39, 0.29) is 0 Å². The molecule has 0 amide bonds. The Hall–Kier alpha value is -3.39. The average molecular weight is 477 g/mol. The van der Waals surface area contributed by atoms with Gasteiger partial charge >= 0.3 is 0 Å². The molecule has 1 unspecified atom stereocenters. The number of ether oxygens (including phenoxy) is 1. The van der Waals surface area contributed by atoms with Crippen LogP contribution < -0.4 is 10.1 Å². The second kappa shape index (κ2) is 9.62. The number of anilines is 1. The van der Waals surface area contributed by atoms with Crippen molar-refractivity contribution < 1.29 is 9.29 Å². The fraction of sp³-hybridized carbons (Fsp3) is 0.0800. The van der Waals surface area contributed by atoms with Crippen LogP contribution in [0.15, 0.2) is 101 Å². The van der Waals surface area contributed by atoms with Crippen molar-refractivity contribution in [3.63, 3.8) is 0 Å². The third-order valence-electron chi connectivity index (χ3n) is 5.13. The second-order valence-corrected chi connectivity index (χ2v) is 9.12. The Morgan fingerprint density at radius 1 is 1.06 bits per heavy atom. The van der Waals surface area contributed by atoms with Gasteiger partial charge in [0.25, 0.3) is 0 Å². The second-order valence-electron chi connectivity index (χ2n) is 7.42. The smallest absolute Gasteiger partial charge is 0.142 e. The molecule has 5 rings (SSSR count). The summed E-state index contributed by atoms with van der Waals surface area (Å²) in [6.07, 6.45) is 5.39. The molecule has 166 valence electrons. The Labute approximate surface area is 199 Å². The fourth-order valence-electron chi connectivity index (χ4n) is 3.55. The molecule has 0 bridgehead atoms. The van der Waals surface area contributed by atoms with Gasteiger partial charge in [0.05, 0.1) is 17.1 Å². The van der Waals surface area contributed by atoms with Crippen molar-refractivity contribution in [2.24, 2.45) is 4.99 Å². The van der Waals surface area contributed by atoms with E-state index in [9.17, 15) is 4.55 Å². The zero-order valence-electron chi connectivity index (χ0n) is 17.6. The number of fused-ring (bicyclic) bond motifs is 1. The average Bonchev–Trinajstić information content (AvgIpc) is 3.24. The lowest BCUT2D eigenvalue weighted by Crippen LogP contribution is -2.33. The maximum atomic E-state index is 10.6. The maximum Gasteiger partial charge on any atom is 0.142 e. The molecule has 33 heavy (non-hydrogen) atoms. The van der Waals surface area contributed by atoms with Gasteiger partial charge in [-0.2, -0.15) is 0 Å². The minimum atomic E-state index is -0.980. The number of halogens is 1. The van der Waals surface area contributed by atoms with E-state index in [2.05, 4.69) is 27.4 Å². The molecule has 0 aliphatic carbocycles. The first-order valence-corrected chi connectivity index (χ1v) is 12.0. The molecule has 0 spiro atoms. The van der Waals surface area contributed by atoms with E-state index in [4.69, 9.17) is 16.3 Å². The quantitative estimate of drug-likeness (QED) is 0.417. The van der Waals surface area contributed by atoms with E-state index < -0.39 is 10.8 Å². The number of rotatable bonds is 7. The summed E-state index contributed by atoms with van der Waals surface area (Å²) in [4.78, 5) is 11.7. The predicted molar refractivity (Wildman–Crippen MR) is 136 cm³/mol. The molecule has 1 atom stereocenters. The molecule has 3 heterocycles. The van der Waals surface area contributed by atoms with Crippen molar-refractivity contribution in [2.75, 3.05) is 5.32 Å². The topological polar surface area (TPSA) is 70.0 Å². The number of hydrogen-bond donors (Lipinski definition) is 2. The minimum Gasteiger partial charge on any atom is -0.486 e. The summed E-state index contributed by atoms with van der Waals surface area (Å²) in [5, 5.41) is 5.60. The van der Waals surface area contributed by atoms with Crippen LogP contribution >= 0.6 is 22.4 Å². The third-order valence-corrected chi connectivity index (χ3v) is 6.67. The van der Waals surface area contributed by atoms with E-state index in [0.717, 1.165) is 27.5 Å². The Bertz CT molecular complexity index is 1290. The summed E-state index contributed by atoms with van der Waals surface area (Å²) in [6.45, 7) is 0.975. The molecule has 3 aromatic rings. The Morgan fingerprint density at radius 3 is 2.70 bits per heavy atom. The maximum absolute atomic E-state index is 10.6. The molecule has 2 N–H and O–H groups in total. The van der Waals surface area contributed by atoms with Gasteiger partial charge in [0.15, 0.2) is 0 Å². The number of pyridine rings is 1. The van der Waals surface area contributed by atoms with Gasteiger partial charge in [-0.05, 0) is 58.1 Å². The lowest BCUT2D eigenvalue weighted by Gasteiger charge is -2.27. The zero-order valence-corrected chi connectivity index (χ0v) is 19.1. The van der Waals surface area contributed by atoms with Crippen LogP contribution in [0.4, 0.5) is 5.69 Å².